The lowest BCUT2D eigenvalue weighted by molar-refractivity contribution is -0.137. The van der Waals surface area contributed by atoms with E-state index in [0.29, 0.717) is 32.7 Å². The van der Waals surface area contributed by atoms with E-state index in [-0.39, 0.29) is 30.3 Å². The van der Waals surface area contributed by atoms with E-state index in [0.717, 1.165) is 31.5 Å². The first-order valence-electron chi connectivity index (χ1n) is 12.6. The highest BCUT2D eigenvalue weighted by Gasteiger charge is 2.45. The molecule has 0 aromatic heterocycles. The molecule has 0 spiro atoms. The van der Waals surface area contributed by atoms with Crippen molar-refractivity contribution in [2.45, 2.75) is 50.9 Å². The van der Waals surface area contributed by atoms with Crippen LogP contribution in [0, 0.1) is 5.92 Å². The first kappa shape index (κ1) is 25.3. The summed E-state index contributed by atoms with van der Waals surface area (Å²) in [5.74, 6) is -0.432. The number of hydrogen-bond donors (Lipinski definition) is 1. The van der Waals surface area contributed by atoms with Gasteiger partial charge in [-0.15, -0.1) is 0 Å². The maximum atomic E-state index is 13.1. The maximum absolute atomic E-state index is 13.1. The van der Waals surface area contributed by atoms with Gasteiger partial charge in [0.15, 0.2) is 5.78 Å². The lowest BCUT2D eigenvalue weighted by Gasteiger charge is -2.35. The standard InChI is InChI=1S/C29H35NO5/c31-26-20-27(35-21-22-12-14-24(15-13-22)23-8-4-3-5-9-23)25(10-6-1-2-7-11-28(32)33)29(26)30-16-18-34-19-17-30/h1,3-6,8-9,12-15,25,27,29H,2,7,10-11,16-21H2,(H,32,33)/b6-1+. The van der Waals surface area contributed by atoms with Crippen molar-refractivity contribution in [1.29, 1.82) is 0 Å². The van der Waals surface area contributed by atoms with Crippen LogP contribution < -0.4 is 0 Å². The van der Waals surface area contributed by atoms with Crippen molar-refractivity contribution in [2.24, 2.45) is 5.92 Å². The number of benzene rings is 2. The number of rotatable bonds is 11. The molecule has 35 heavy (non-hydrogen) atoms. The highest BCUT2D eigenvalue weighted by Crippen LogP contribution is 2.34. The third-order valence-corrected chi connectivity index (χ3v) is 6.92. The first-order chi connectivity index (χ1) is 17.1. The van der Waals surface area contributed by atoms with Gasteiger partial charge >= 0.3 is 5.97 Å². The molecular weight excluding hydrogens is 442 g/mol. The minimum absolute atomic E-state index is 0.0833. The highest BCUT2D eigenvalue weighted by atomic mass is 16.5. The molecule has 2 aromatic rings. The van der Waals surface area contributed by atoms with Crippen LogP contribution in [-0.4, -0.2) is 60.2 Å². The number of ether oxygens (including phenoxy) is 2. The number of allylic oxidation sites excluding steroid dienone is 2. The Hall–Kier alpha value is -2.80. The lowest BCUT2D eigenvalue weighted by Crippen LogP contribution is -2.49. The maximum Gasteiger partial charge on any atom is 0.303 e. The Morgan fingerprint density at radius 1 is 1.03 bits per heavy atom. The number of aliphatic carboxylic acids is 1. The Bertz CT molecular complexity index is 982. The fraction of sp³-hybridized carbons (Fsp3) is 0.448. The van der Waals surface area contributed by atoms with Gasteiger partial charge in [-0.05, 0) is 36.0 Å². The largest absolute Gasteiger partial charge is 0.481 e. The number of ketones is 1. The van der Waals surface area contributed by atoms with Crippen LogP contribution in [0.15, 0.2) is 66.7 Å². The summed E-state index contributed by atoms with van der Waals surface area (Å²) in [5, 5.41) is 8.82. The molecular formula is C29H35NO5. The van der Waals surface area contributed by atoms with Gasteiger partial charge < -0.3 is 14.6 Å². The molecule has 0 bridgehead atoms. The van der Waals surface area contributed by atoms with Crippen LogP contribution in [0.5, 0.6) is 0 Å². The van der Waals surface area contributed by atoms with Crippen LogP contribution in [0.25, 0.3) is 11.1 Å². The average Bonchev–Trinajstić information content (AvgIpc) is 3.20. The second-order valence-electron chi connectivity index (χ2n) is 9.33. The third kappa shape index (κ3) is 7.10. The predicted octanol–water partition coefficient (Wildman–Crippen LogP) is 4.73. The van der Waals surface area contributed by atoms with Crippen molar-refractivity contribution in [3.05, 3.63) is 72.3 Å². The molecule has 6 heteroatoms. The smallest absolute Gasteiger partial charge is 0.303 e. The molecule has 1 saturated carbocycles. The minimum atomic E-state index is -0.766. The van der Waals surface area contributed by atoms with Gasteiger partial charge in [-0.25, -0.2) is 0 Å². The van der Waals surface area contributed by atoms with E-state index in [4.69, 9.17) is 14.6 Å². The summed E-state index contributed by atoms with van der Waals surface area (Å²) >= 11 is 0. The van der Waals surface area contributed by atoms with Crippen molar-refractivity contribution >= 4 is 11.8 Å². The molecule has 2 fully saturated rings. The summed E-state index contributed by atoms with van der Waals surface area (Å²) in [6, 6.07) is 18.6. The Morgan fingerprint density at radius 3 is 2.46 bits per heavy atom. The van der Waals surface area contributed by atoms with Crippen molar-refractivity contribution in [1.82, 2.24) is 4.90 Å². The summed E-state index contributed by atoms with van der Waals surface area (Å²) in [7, 11) is 0. The molecule has 3 unspecified atom stereocenters. The zero-order valence-corrected chi connectivity index (χ0v) is 20.2. The van der Waals surface area contributed by atoms with Gasteiger partial charge in [0.25, 0.3) is 0 Å². The Labute approximate surface area is 207 Å². The number of unbranched alkanes of at least 4 members (excludes halogenated alkanes) is 1. The monoisotopic (exact) mass is 477 g/mol. The van der Waals surface area contributed by atoms with E-state index in [1.54, 1.807) is 0 Å². The first-order valence-corrected chi connectivity index (χ1v) is 12.6. The molecule has 1 aliphatic carbocycles. The minimum Gasteiger partial charge on any atom is -0.481 e. The molecule has 186 valence electrons. The number of Topliss-reactive ketones (excluding diaryl/α,β-unsaturated/α-hetero) is 1. The SMILES string of the molecule is O=C(O)CCC/C=C/CC1C(OCc2ccc(-c3ccccc3)cc2)CC(=O)C1N1CCOCC1. The van der Waals surface area contributed by atoms with Gasteiger partial charge in [0, 0.05) is 31.8 Å². The van der Waals surface area contributed by atoms with Crippen molar-refractivity contribution < 1.29 is 24.2 Å². The van der Waals surface area contributed by atoms with Crippen LogP contribution in [0.4, 0.5) is 0 Å². The summed E-state index contributed by atoms with van der Waals surface area (Å²) in [5.41, 5.74) is 3.45. The van der Waals surface area contributed by atoms with Gasteiger partial charge in [0.05, 0.1) is 32.0 Å². The summed E-state index contributed by atoms with van der Waals surface area (Å²) in [4.78, 5) is 26.0. The molecule has 6 nitrogen and oxygen atoms in total. The van der Waals surface area contributed by atoms with E-state index in [1.807, 2.05) is 24.3 Å². The van der Waals surface area contributed by atoms with Crippen molar-refractivity contribution in [2.75, 3.05) is 26.3 Å². The van der Waals surface area contributed by atoms with Gasteiger partial charge in [0.1, 0.15) is 0 Å². The van der Waals surface area contributed by atoms with Gasteiger partial charge in [-0.3, -0.25) is 14.5 Å². The number of morpholine rings is 1. The Balaban J connectivity index is 1.38. The molecule has 1 saturated heterocycles. The molecule has 1 aliphatic heterocycles. The van der Waals surface area contributed by atoms with Crippen LogP contribution in [0.2, 0.25) is 0 Å². The molecule has 3 atom stereocenters. The van der Waals surface area contributed by atoms with Crippen LogP contribution in [0.1, 0.15) is 37.7 Å². The molecule has 0 amide bonds. The number of hydrogen-bond acceptors (Lipinski definition) is 5. The van der Waals surface area contributed by atoms with E-state index in [1.165, 1.54) is 11.1 Å². The fourth-order valence-electron chi connectivity index (χ4n) is 5.08. The molecule has 4 rings (SSSR count). The molecule has 2 aliphatic rings. The van der Waals surface area contributed by atoms with E-state index in [9.17, 15) is 9.59 Å². The number of carboxylic acids is 1. The zero-order valence-electron chi connectivity index (χ0n) is 20.2. The van der Waals surface area contributed by atoms with Crippen molar-refractivity contribution in [3.8, 4) is 11.1 Å². The zero-order chi connectivity index (χ0) is 24.5. The van der Waals surface area contributed by atoms with Gasteiger partial charge in [-0.1, -0.05) is 66.7 Å². The second kappa shape index (κ2) is 12.8. The summed E-state index contributed by atoms with van der Waals surface area (Å²) in [6.45, 7) is 3.31. The summed E-state index contributed by atoms with van der Waals surface area (Å²) < 4.78 is 11.9. The molecule has 0 radical (unpaired) electrons. The van der Waals surface area contributed by atoms with Crippen LogP contribution >= 0.6 is 0 Å². The molecule has 1 heterocycles. The Kier molecular flexibility index (Phi) is 9.23. The highest BCUT2D eigenvalue weighted by molar-refractivity contribution is 5.87. The van der Waals surface area contributed by atoms with E-state index < -0.39 is 5.97 Å². The van der Waals surface area contributed by atoms with Gasteiger partial charge in [0.2, 0.25) is 0 Å². The average molecular weight is 478 g/mol. The predicted molar refractivity (Wildman–Crippen MR) is 135 cm³/mol. The van der Waals surface area contributed by atoms with Crippen LogP contribution in [-0.2, 0) is 25.7 Å². The topological polar surface area (TPSA) is 76.1 Å². The fourth-order valence-corrected chi connectivity index (χ4v) is 5.08. The van der Waals surface area contributed by atoms with E-state index in [2.05, 4.69) is 47.4 Å². The van der Waals surface area contributed by atoms with E-state index >= 15 is 0 Å². The molecule has 2 aromatic carbocycles. The normalized spacial score (nSPS) is 23.2. The number of carbonyl (C=O) groups is 2. The van der Waals surface area contributed by atoms with Gasteiger partial charge in [-0.2, -0.15) is 0 Å². The summed E-state index contributed by atoms with van der Waals surface area (Å²) in [6.07, 6.45) is 6.73. The second-order valence-corrected chi connectivity index (χ2v) is 9.33. The van der Waals surface area contributed by atoms with Crippen LogP contribution in [0.3, 0.4) is 0 Å². The number of carboxylic acid groups (broad SMARTS) is 1. The molecule has 1 N–H and O–H groups in total. The number of carbonyl (C=O) groups excluding carboxylic acids is 1. The third-order valence-electron chi connectivity index (χ3n) is 6.92. The Morgan fingerprint density at radius 2 is 1.74 bits per heavy atom. The lowest BCUT2D eigenvalue weighted by atomic mass is 9.95. The quantitative estimate of drug-likeness (QED) is 0.373. The van der Waals surface area contributed by atoms with Crippen molar-refractivity contribution in [3.63, 3.8) is 0 Å². The number of nitrogens with zero attached hydrogens (tertiary/aromatic N) is 1.